The fourth-order valence-corrected chi connectivity index (χ4v) is 2.74. The van der Waals surface area contributed by atoms with Crippen LogP contribution in [0.4, 0.5) is 4.79 Å². The fourth-order valence-electron chi connectivity index (χ4n) is 2.61. The predicted molar refractivity (Wildman–Crippen MR) is 103 cm³/mol. The maximum Gasteiger partial charge on any atom is 0.317 e. The summed E-state index contributed by atoms with van der Waals surface area (Å²) < 4.78 is 1.76. The summed E-state index contributed by atoms with van der Waals surface area (Å²) in [7, 11) is 1.79. The zero-order valence-electron chi connectivity index (χ0n) is 14.8. The fraction of sp³-hybridized carbons (Fsp3) is 0.200. The lowest BCUT2D eigenvalue weighted by atomic mass is 10.1. The normalized spacial score (nSPS) is 10.6. The summed E-state index contributed by atoms with van der Waals surface area (Å²) in [5.41, 5.74) is 4.17. The average Bonchev–Trinajstić information content (AvgIpc) is 3.11. The Labute approximate surface area is 158 Å². The van der Waals surface area contributed by atoms with Gasteiger partial charge in [0.05, 0.1) is 11.9 Å². The Kier molecular flexibility index (Phi) is 5.58. The topological polar surface area (TPSA) is 50.2 Å². The Balaban J connectivity index is 1.56. The second-order valence-corrected chi connectivity index (χ2v) is 6.65. The molecule has 0 unspecified atom stereocenters. The molecule has 0 aliphatic carbocycles. The number of aromatic nitrogens is 2. The van der Waals surface area contributed by atoms with Crippen molar-refractivity contribution in [1.82, 2.24) is 20.0 Å². The zero-order chi connectivity index (χ0) is 18.5. The smallest absolute Gasteiger partial charge is 0.317 e. The first-order chi connectivity index (χ1) is 12.5. The highest BCUT2D eigenvalue weighted by Crippen LogP contribution is 2.13. The number of amides is 2. The van der Waals surface area contributed by atoms with Gasteiger partial charge in [0.2, 0.25) is 0 Å². The van der Waals surface area contributed by atoms with Crippen molar-refractivity contribution in [2.24, 2.45) is 0 Å². The minimum absolute atomic E-state index is 0.118. The number of halogens is 1. The number of hydrogen-bond donors (Lipinski definition) is 1. The monoisotopic (exact) mass is 368 g/mol. The van der Waals surface area contributed by atoms with Crippen LogP contribution < -0.4 is 5.32 Å². The molecular formula is C20H21ClN4O. The maximum absolute atomic E-state index is 12.3. The number of benzene rings is 2. The molecule has 2 aromatic carbocycles. The van der Waals surface area contributed by atoms with Crippen LogP contribution in [-0.4, -0.2) is 27.8 Å². The molecule has 1 aromatic heterocycles. The molecule has 2 amide bonds. The van der Waals surface area contributed by atoms with E-state index in [9.17, 15) is 4.79 Å². The van der Waals surface area contributed by atoms with Crippen molar-refractivity contribution < 1.29 is 4.79 Å². The van der Waals surface area contributed by atoms with Gasteiger partial charge in [-0.3, -0.25) is 0 Å². The van der Waals surface area contributed by atoms with Gasteiger partial charge < -0.3 is 10.2 Å². The van der Waals surface area contributed by atoms with Gasteiger partial charge in [-0.1, -0.05) is 35.9 Å². The Hall–Kier alpha value is -2.79. The Morgan fingerprint density at radius 1 is 1.19 bits per heavy atom. The van der Waals surface area contributed by atoms with E-state index in [1.54, 1.807) is 22.8 Å². The van der Waals surface area contributed by atoms with E-state index in [2.05, 4.69) is 10.4 Å². The van der Waals surface area contributed by atoms with Crippen LogP contribution in [0.15, 0.2) is 60.9 Å². The van der Waals surface area contributed by atoms with E-state index in [-0.39, 0.29) is 6.03 Å². The molecule has 3 rings (SSSR count). The van der Waals surface area contributed by atoms with Gasteiger partial charge in [-0.05, 0) is 42.3 Å². The quantitative estimate of drug-likeness (QED) is 0.734. The van der Waals surface area contributed by atoms with Crippen LogP contribution in [0.1, 0.15) is 16.7 Å². The van der Waals surface area contributed by atoms with E-state index in [1.807, 2.05) is 61.7 Å². The molecule has 5 nitrogen and oxygen atoms in total. The Bertz CT molecular complexity index is 889. The van der Waals surface area contributed by atoms with E-state index in [0.717, 1.165) is 16.8 Å². The Morgan fingerprint density at radius 3 is 2.65 bits per heavy atom. The Morgan fingerprint density at radius 2 is 1.92 bits per heavy atom. The first kappa shape index (κ1) is 18.0. The van der Waals surface area contributed by atoms with Crippen molar-refractivity contribution in [2.75, 3.05) is 7.05 Å². The van der Waals surface area contributed by atoms with Gasteiger partial charge in [-0.25, -0.2) is 9.48 Å². The summed E-state index contributed by atoms with van der Waals surface area (Å²) in [6.45, 7) is 3.04. The van der Waals surface area contributed by atoms with Crippen molar-refractivity contribution in [3.63, 3.8) is 0 Å². The summed E-state index contributed by atoms with van der Waals surface area (Å²) in [6, 6.07) is 15.4. The lowest BCUT2D eigenvalue weighted by Gasteiger charge is -2.19. The molecule has 0 atom stereocenters. The van der Waals surface area contributed by atoms with Gasteiger partial charge in [0, 0.05) is 36.9 Å². The number of rotatable bonds is 5. The third kappa shape index (κ3) is 4.43. The molecule has 134 valence electrons. The van der Waals surface area contributed by atoms with Crippen LogP contribution in [-0.2, 0) is 13.1 Å². The largest absolute Gasteiger partial charge is 0.334 e. The number of hydrogen-bond acceptors (Lipinski definition) is 2. The van der Waals surface area contributed by atoms with Gasteiger partial charge in [0.15, 0.2) is 0 Å². The highest BCUT2D eigenvalue weighted by atomic mass is 35.5. The molecule has 3 aromatic rings. The lowest BCUT2D eigenvalue weighted by Crippen LogP contribution is -2.36. The van der Waals surface area contributed by atoms with Crippen molar-refractivity contribution in [1.29, 1.82) is 0 Å². The molecule has 0 saturated heterocycles. The minimum atomic E-state index is -0.118. The predicted octanol–water partition coefficient (Wildman–Crippen LogP) is 4.18. The first-order valence-electron chi connectivity index (χ1n) is 8.36. The van der Waals surface area contributed by atoms with Gasteiger partial charge >= 0.3 is 6.03 Å². The van der Waals surface area contributed by atoms with E-state index in [0.29, 0.717) is 18.1 Å². The number of aryl methyl sites for hydroxylation is 1. The molecule has 0 spiro atoms. The third-order valence-electron chi connectivity index (χ3n) is 4.19. The summed E-state index contributed by atoms with van der Waals surface area (Å²) in [5, 5.41) is 7.94. The highest BCUT2D eigenvalue weighted by molar-refractivity contribution is 6.30. The molecule has 1 heterocycles. The van der Waals surface area contributed by atoms with Gasteiger partial charge in [-0.15, -0.1) is 0 Å². The van der Waals surface area contributed by atoms with Crippen LogP contribution >= 0.6 is 11.6 Å². The van der Waals surface area contributed by atoms with Crippen LogP contribution in [0.3, 0.4) is 0 Å². The van der Waals surface area contributed by atoms with Crippen molar-refractivity contribution in [3.05, 3.63) is 82.6 Å². The van der Waals surface area contributed by atoms with Crippen molar-refractivity contribution >= 4 is 17.6 Å². The molecule has 0 bridgehead atoms. The zero-order valence-corrected chi connectivity index (χ0v) is 15.6. The number of nitrogens with zero attached hydrogens (tertiary/aromatic N) is 3. The van der Waals surface area contributed by atoms with E-state index in [1.165, 1.54) is 5.56 Å². The van der Waals surface area contributed by atoms with E-state index < -0.39 is 0 Å². The summed E-state index contributed by atoms with van der Waals surface area (Å²) in [4.78, 5) is 14.0. The molecule has 1 N–H and O–H groups in total. The molecule has 0 saturated carbocycles. The number of urea groups is 1. The van der Waals surface area contributed by atoms with Gasteiger partial charge in [0.25, 0.3) is 0 Å². The van der Waals surface area contributed by atoms with Crippen molar-refractivity contribution in [3.8, 4) is 5.69 Å². The maximum atomic E-state index is 12.3. The molecular weight excluding hydrogens is 348 g/mol. The molecule has 0 aliphatic heterocycles. The van der Waals surface area contributed by atoms with Crippen LogP contribution in [0.5, 0.6) is 0 Å². The molecule has 0 fully saturated rings. The summed E-state index contributed by atoms with van der Waals surface area (Å²) in [5.74, 6) is 0. The van der Waals surface area contributed by atoms with E-state index in [4.69, 9.17) is 11.6 Å². The van der Waals surface area contributed by atoms with Crippen LogP contribution in [0.2, 0.25) is 5.02 Å². The van der Waals surface area contributed by atoms with Gasteiger partial charge in [-0.2, -0.15) is 5.10 Å². The number of nitrogens with one attached hydrogen (secondary N) is 1. The van der Waals surface area contributed by atoms with Gasteiger partial charge in [0.1, 0.15) is 0 Å². The van der Waals surface area contributed by atoms with Crippen LogP contribution in [0, 0.1) is 6.92 Å². The number of carbonyl (C=O) groups excluding carboxylic acids is 1. The van der Waals surface area contributed by atoms with E-state index >= 15 is 0 Å². The summed E-state index contributed by atoms with van der Waals surface area (Å²) >= 11 is 5.90. The summed E-state index contributed by atoms with van der Waals surface area (Å²) in [6.07, 6.45) is 3.64. The SMILES string of the molecule is Cc1ccccc1CN(C)C(=O)NCc1cnn(-c2ccc(Cl)cc2)c1. The van der Waals surface area contributed by atoms with Crippen molar-refractivity contribution in [2.45, 2.75) is 20.0 Å². The number of carbonyl (C=O) groups is 1. The molecule has 0 radical (unpaired) electrons. The second-order valence-electron chi connectivity index (χ2n) is 6.21. The second kappa shape index (κ2) is 8.06. The molecule has 6 heteroatoms. The average molecular weight is 369 g/mol. The first-order valence-corrected chi connectivity index (χ1v) is 8.73. The third-order valence-corrected chi connectivity index (χ3v) is 4.44. The highest BCUT2D eigenvalue weighted by Gasteiger charge is 2.10. The molecule has 0 aliphatic rings. The minimum Gasteiger partial charge on any atom is -0.334 e. The molecule has 26 heavy (non-hydrogen) atoms. The standard InChI is InChI=1S/C20H21ClN4O/c1-15-5-3-4-6-17(15)14-24(2)20(26)22-11-16-12-23-25(13-16)19-9-7-18(21)8-10-19/h3-10,12-13H,11,14H2,1-2H3,(H,22,26). The van der Waals surface area contributed by atoms with Crippen LogP contribution in [0.25, 0.3) is 5.69 Å². The lowest BCUT2D eigenvalue weighted by molar-refractivity contribution is 0.206.